The van der Waals surface area contributed by atoms with E-state index in [9.17, 15) is 4.79 Å². The lowest BCUT2D eigenvalue weighted by atomic mass is 10.0. The normalized spacial score (nSPS) is 26.6. The molecule has 1 aromatic carbocycles. The summed E-state index contributed by atoms with van der Waals surface area (Å²) in [5, 5.41) is 0. The molecule has 23 heavy (non-hydrogen) atoms. The van der Waals surface area contributed by atoms with Crippen LogP contribution in [-0.4, -0.2) is 37.9 Å². The Bertz CT molecular complexity index is 672. The Morgan fingerprint density at radius 1 is 1.09 bits per heavy atom. The number of hydrogen-bond acceptors (Lipinski definition) is 5. The van der Waals surface area contributed by atoms with Gasteiger partial charge in [-0.15, -0.1) is 0 Å². The fourth-order valence-electron chi connectivity index (χ4n) is 3.61. The predicted octanol–water partition coefficient (Wildman–Crippen LogP) is 2.78. The number of carbonyl (C=O) groups excluding carboxylic acids is 1. The maximum Gasteiger partial charge on any atom is 0.231 e. The molecule has 2 aliphatic heterocycles. The minimum atomic E-state index is 0.174. The molecular formula is C18H21NO4. The molecule has 5 nitrogen and oxygen atoms in total. The van der Waals surface area contributed by atoms with Crippen molar-refractivity contribution in [2.24, 2.45) is 0 Å². The standard InChI is InChI=1S/C18H21NO4/c1-11-8-19(9-12(2)23-11)16-6-14(13-3-4-15(20)5-13)7-17-18(16)22-10-21-17/h5-7,11-12H,3-4,8-10H2,1-2H3. The number of fused-ring (bicyclic) bond motifs is 1. The van der Waals surface area contributed by atoms with Crippen LogP contribution in [0.4, 0.5) is 5.69 Å². The van der Waals surface area contributed by atoms with Gasteiger partial charge in [-0.3, -0.25) is 4.79 Å². The predicted molar refractivity (Wildman–Crippen MR) is 87.0 cm³/mol. The fourth-order valence-corrected chi connectivity index (χ4v) is 3.61. The van der Waals surface area contributed by atoms with E-state index in [1.807, 2.05) is 6.07 Å². The molecule has 3 aliphatic rings. The average molecular weight is 315 g/mol. The number of ketones is 1. The molecule has 0 saturated carbocycles. The van der Waals surface area contributed by atoms with E-state index in [0.717, 1.165) is 47.8 Å². The second-order valence-electron chi connectivity index (χ2n) is 6.53. The topological polar surface area (TPSA) is 48.0 Å². The Morgan fingerprint density at radius 2 is 1.87 bits per heavy atom. The van der Waals surface area contributed by atoms with E-state index in [4.69, 9.17) is 14.2 Å². The van der Waals surface area contributed by atoms with Crippen LogP contribution < -0.4 is 14.4 Å². The molecule has 122 valence electrons. The van der Waals surface area contributed by atoms with Crippen LogP contribution in [0.3, 0.4) is 0 Å². The molecule has 0 spiro atoms. The van der Waals surface area contributed by atoms with E-state index >= 15 is 0 Å². The van der Waals surface area contributed by atoms with Crippen molar-refractivity contribution in [2.75, 3.05) is 24.8 Å². The first-order chi connectivity index (χ1) is 11.1. The summed E-state index contributed by atoms with van der Waals surface area (Å²) >= 11 is 0. The molecule has 1 aromatic rings. The first kappa shape index (κ1) is 14.6. The molecule has 5 heteroatoms. The van der Waals surface area contributed by atoms with Crippen LogP contribution in [0.2, 0.25) is 0 Å². The van der Waals surface area contributed by atoms with E-state index < -0.39 is 0 Å². The van der Waals surface area contributed by atoms with E-state index in [1.54, 1.807) is 6.08 Å². The van der Waals surface area contributed by atoms with Crippen LogP contribution in [0.1, 0.15) is 32.3 Å². The number of hydrogen-bond donors (Lipinski definition) is 0. The van der Waals surface area contributed by atoms with Crippen molar-refractivity contribution in [3.05, 3.63) is 23.8 Å². The van der Waals surface area contributed by atoms with Crippen LogP contribution in [-0.2, 0) is 9.53 Å². The summed E-state index contributed by atoms with van der Waals surface area (Å²) in [6.07, 6.45) is 3.50. The van der Waals surface area contributed by atoms with Gasteiger partial charge in [0.25, 0.3) is 0 Å². The Kier molecular flexibility index (Phi) is 3.53. The van der Waals surface area contributed by atoms with Gasteiger partial charge in [-0.2, -0.15) is 0 Å². The monoisotopic (exact) mass is 315 g/mol. The number of allylic oxidation sites excluding steroid dienone is 2. The number of benzene rings is 1. The van der Waals surface area contributed by atoms with Crippen LogP contribution in [0.25, 0.3) is 5.57 Å². The summed E-state index contributed by atoms with van der Waals surface area (Å²) in [6.45, 7) is 6.06. The third kappa shape index (κ3) is 2.70. The summed E-state index contributed by atoms with van der Waals surface area (Å²) in [5.41, 5.74) is 3.18. The number of morpholine rings is 1. The maximum absolute atomic E-state index is 11.6. The second-order valence-corrected chi connectivity index (χ2v) is 6.53. The van der Waals surface area contributed by atoms with Gasteiger partial charge in [-0.1, -0.05) is 0 Å². The highest BCUT2D eigenvalue weighted by atomic mass is 16.7. The summed E-state index contributed by atoms with van der Waals surface area (Å²) < 4.78 is 17.2. The van der Waals surface area contributed by atoms with Gasteiger partial charge in [0.1, 0.15) is 0 Å². The van der Waals surface area contributed by atoms with Crippen molar-refractivity contribution in [1.82, 2.24) is 0 Å². The van der Waals surface area contributed by atoms with E-state index in [-0.39, 0.29) is 24.8 Å². The highest BCUT2D eigenvalue weighted by molar-refractivity contribution is 6.02. The van der Waals surface area contributed by atoms with E-state index in [1.165, 1.54) is 0 Å². The third-order valence-corrected chi connectivity index (χ3v) is 4.56. The molecule has 0 amide bonds. The van der Waals surface area contributed by atoms with Crippen LogP contribution >= 0.6 is 0 Å². The number of anilines is 1. The van der Waals surface area contributed by atoms with Crippen molar-refractivity contribution in [1.29, 1.82) is 0 Å². The van der Waals surface area contributed by atoms with Gasteiger partial charge in [-0.05, 0) is 49.6 Å². The Labute approximate surface area is 135 Å². The maximum atomic E-state index is 11.6. The zero-order valence-electron chi connectivity index (χ0n) is 13.5. The van der Waals surface area contributed by atoms with Gasteiger partial charge < -0.3 is 19.1 Å². The van der Waals surface area contributed by atoms with Gasteiger partial charge in [0.2, 0.25) is 6.79 Å². The van der Waals surface area contributed by atoms with Crippen molar-refractivity contribution in [3.63, 3.8) is 0 Å². The van der Waals surface area contributed by atoms with Gasteiger partial charge in [-0.25, -0.2) is 0 Å². The summed E-state index contributed by atoms with van der Waals surface area (Å²) in [7, 11) is 0. The van der Waals surface area contributed by atoms with Gasteiger partial charge in [0.15, 0.2) is 17.3 Å². The van der Waals surface area contributed by atoms with Crippen molar-refractivity contribution < 1.29 is 19.0 Å². The summed E-state index contributed by atoms with van der Waals surface area (Å²) in [6, 6.07) is 4.12. The van der Waals surface area contributed by atoms with E-state index in [0.29, 0.717) is 6.42 Å². The van der Waals surface area contributed by atoms with Gasteiger partial charge in [0, 0.05) is 19.5 Å². The molecule has 1 aliphatic carbocycles. The Balaban J connectivity index is 1.75. The highest BCUT2D eigenvalue weighted by Crippen LogP contribution is 2.45. The molecule has 2 atom stereocenters. The minimum absolute atomic E-state index is 0.174. The smallest absolute Gasteiger partial charge is 0.231 e. The SMILES string of the molecule is CC1CN(c2cc(C3=CC(=O)CC3)cc3c2OCO3)CC(C)O1. The zero-order chi connectivity index (χ0) is 16.0. The number of nitrogens with zero attached hydrogens (tertiary/aromatic N) is 1. The van der Waals surface area contributed by atoms with E-state index in [2.05, 4.69) is 24.8 Å². The lowest BCUT2D eigenvalue weighted by Gasteiger charge is -2.37. The van der Waals surface area contributed by atoms with Crippen LogP contribution in [0.5, 0.6) is 11.5 Å². The van der Waals surface area contributed by atoms with Crippen LogP contribution in [0.15, 0.2) is 18.2 Å². The molecule has 1 saturated heterocycles. The molecule has 0 radical (unpaired) electrons. The molecule has 2 unspecified atom stereocenters. The molecule has 0 N–H and O–H groups in total. The molecule has 2 heterocycles. The van der Waals surface area contributed by atoms with Gasteiger partial charge >= 0.3 is 0 Å². The molecule has 1 fully saturated rings. The second kappa shape index (κ2) is 5.57. The quantitative estimate of drug-likeness (QED) is 0.840. The van der Waals surface area contributed by atoms with Gasteiger partial charge in [0.05, 0.1) is 17.9 Å². The Morgan fingerprint density at radius 3 is 2.57 bits per heavy atom. The van der Waals surface area contributed by atoms with Crippen LogP contribution in [0, 0.1) is 0 Å². The molecular weight excluding hydrogens is 294 g/mol. The zero-order valence-corrected chi connectivity index (χ0v) is 13.5. The molecule has 4 rings (SSSR count). The fraction of sp³-hybridized carbons (Fsp3) is 0.500. The van der Waals surface area contributed by atoms with Crippen molar-refractivity contribution in [2.45, 2.75) is 38.9 Å². The first-order valence-corrected chi connectivity index (χ1v) is 8.18. The number of rotatable bonds is 2. The lowest BCUT2D eigenvalue weighted by molar-refractivity contribution is -0.114. The lowest BCUT2D eigenvalue weighted by Crippen LogP contribution is -2.45. The number of carbonyl (C=O) groups is 1. The summed E-state index contributed by atoms with van der Waals surface area (Å²) in [5.74, 6) is 1.78. The Hall–Kier alpha value is -2.01. The minimum Gasteiger partial charge on any atom is -0.453 e. The summed E-state index contributed by atoms with van der Waals surface area (Å²) in [4.78, 5) is 13.9. The first-order valence-electron chi connectivity index (χ1n) is 8.18. The molecule has 0 aromatic heterocycles. The largest absolute Gasteiger partial charge is 0.453 e. The van der Waals surface area contributed by atoms with Crippen molar-refractivity contribution >= 4 is 17.0 Å². The highest BCUT2D eigenvalue weighted by Gasteiger charge is 2.29. The van der Waals surface area contributed by atoms with Crippen molar-refractivity contribution in [3.8, 4) is 11.5 Å². The average Bonchev–Trinajstić information content (AvgIpc) is 3.13. The number of ether oxygens (including phenoxy) is 3. The molecule has 0 bridgehead atoms. The third-order valence-electron chi connectivity index (χ3n) is 4.56.